The molecule has 0 saturated carbocycles. The molecule has 5 nitrogen and oxygen atoms in total. The third kappa shape index (κ3) is 3.39. The summed E-state index contributed by atoms with van der Waals surface area (Å²) < 4.78 is 62.3. The summed E-state index contributed by atoms with van der Waals surface area (Å²) in [6.07, 6.45) is -4.79. The highest BCUT2D eigenvalue weighted by Gasteiger charge is 2.37. The number of nitrogens with zero attached hydrogens (tertiary/aromatic N) is 2. The van der Waals surface area contributed by atoms with E-state index in [-0.39, 0.29) is 5.69 Å². The van der Waals surface area contributed by atoms with E-state index in [0.717, 1.165) is 23.5 Å². The maximum atomic E-state index is 12.5. The van der Waals surface area contributed by atoms with Crippen molar-refractivity contribution in [1.82, 2.24) is 4.98 Å². The molecule has 0 fully saturated rings. The van der Waals surface area contributed by atoms with Crippen LogP contribution in [0.2, 0.25) is 0 Å². The monoisotopic (exact) mass is 377 g/mol. The Morgan fingerprint density at radius 3 is 2.75 bits per heavy atom. The van der Waals surface area contributed by atoms with E-state index in [2.05, 4.69) is 9.98 Å². The van der Waals surface area contributed by atoms with E-state index in [4.69, 9.17) is 0 Å². The maximum Gasteiger partial charge on any atom is 0.404 e. The number of benzene rings is 1. The molecular weight excluding hydrogens is 363 g/mol. The molecule has 0 spiro atoms. The van der Waals surface area contributed by atoms with E-state index in [9.17, 15) is 21.6 Å². The summed E-state index contributed by atoms with van der Waals surface area (Å²) in [7, 11) is -3.40. The summed E-state index contributed by atoms with van der Waals surface area (Å²) >= 11 is 1.58. The van der Waals surface area contributed by atoms with E-state index < -0.39 is 22.0 Å². The van der Waals surface area contributed by atoms with E-state index >= 15 is 0 Å². The van der Waals surface area contributed by atoms with Gasteiger partial charge < -0.3 is 4.98 Å². The molecule has 0 saturated heterocycles. The first-order valence-electron chi connectivity index (χ1n) is 7.00. The van der Waals surface area contributed by atoms with Crippen molar-refractivity contribution in [3.05, 3.63) is 30.0 Å². The topological polar surface area (TPSA) is 65.5 Å². The molecule has 1 N–H and O–H groups in total. The van der Waals surface area contributed by atoms with Gasteiger partial charge in [-0.15, -0.1) is 11.8 Å². The minimum Gasteiger partial charge on any atom is -0.351 e. The number of sulfonamides is 1. The Balaban J connectivity index is 2.03. The molecular formula is C14H14F3N3O2S2. The number of rotatable bonds is 4. The number of hydrogen-bond donors (Lipinski definition) is 1. The number of aromatic nitrogens is 1. The first-order chi connectivity index (χ1) is 11.2. The van der Waals surface area contributed by atoms with Crippen molar-refractivity contribution in [2.45, 2.75) is 6.18 Å². The van der Waals surface area contributed by atoms with Crippen LogP contribution in [-0.4, -0.2) is 49.7 Å². The van der Waals surface area contributed by atoms with Crippen molar-refractivity contribution in [3.63, 3.8) is 0 Å². The van der Waals surface area contributed by atoms with Crippen LogP contribution in [0.5, 0.6) is 0 Å². The molecule has 2 aromatic rings. The number of hydrogen-bond acceptors (Lipinski definition) is 4. The van der Waals surface area contributed by atoms with Crippen LogP contribution in [-0.2, 0) is 10.0 Å². The number of halogens is 3. The van der Waals surface area contributed by atoms with Gasteiger partial charge in [0.1, 0.15) is 5.04 Å². The Morgan fingerprint density at radius 2 is 2.12 bits per heavy atom. The van der Waals surface area contributed by atoms with Gasteiger partial charge in [0.2, 0.25) is 10.0 Å². The predicted molar refractivity (Wildman–Crippen MR) is 90.4 cm³/mol. The van der Waals surface area contributed by atoms with Crippen molar-refractivity contribution in [1.29, 1.82) is 0 Å². The van der Waals surface area contributed by atoms with Crippen LogP contribution in [0.4, 0.5) is 18.9 Å². The standard InChI is InChI=1S/C14H14F3N3O2S2/c1-20(24(21,22)8-14(15,16)17)11-4-2-3-9-7-10(19-12(9)11)13-18-5-6-23-13/h2-4,7,19H,5-6,8H2,1H3. The van der Waals surface area contributed by atoms with Crippen molar-refractivity contribution in [2.24, 2.45) is 4.99 Å². The van der Waals surface area contributed by atoms with Gasteiger partial charge in [-0.25, -0.2) is 8.42 Å². The SMILES string of the molecule is CN(c1cccc2cc(C3=NCCS3)[nH]c12)S(=O)(=O)CC(F)(F)F. The lowest BCUT2D eigenvalue weighted by atomic mass is 10.2. The number of aliphatic imine (C=N–C) groups is 1. The van der Waals surface area contributed by atoms with Crippen molar-refractivity contribution >= 4 is 43.4 Å². The molecule has 0 aliphatic carbocycles. The number of thioether (sulfide) groups is 1. The van der Waals surface area contributed by atoms with Crippen LogP contribution >= 0.6 is 11.8 Å². The first kappa shape index (κ1) is 17.2. The number of alkyl halides is 3. The van der Waals surface area contributed by atoms with Gasteiger partial charge in [0.05, 0.1) is 16.9 Å². The van der Waals surface area contributed by atoms with Crippen molar-refractivity contribution in [2.75, 3.05) is 29.4 Å². The predicted octanol–water partition coefficient (Wildman–Crippen LogP) is 2.99. The fraction of sp³-hybridized carbons (Fsp3) is 0.357. The summed E-state index contributed by atoms with van der Waals surface area (Å²) in [4.78, 5) is 7.42. The zero-order valence-electron chi connectivity index (χ0n) is 12.6. The van der Waals surface area contributed by atoms with E-state index in [1.54, 1.807) is 23.9 Å². The second-order valence-corrected chi connectivity index (χ2v) is 8.38. The van der Waals surface area contributed by atoms with Crippen LogP contribution < -0.4 is 4.31 Å². The molecule has 130 valence electrons. The van der Waals surface area contributed by atoms with Gasteiger partial charge in [-0.3, -0.25) is 9.30 Å². The van der Waals surface area contributed by atoms with Crippen LogP contribution in [0.3, 0.4) is 0 Å². The summed E-state index contributed by atoms with van der Waals surface area (Å²) in [5, 5.41) is 1.53. The van der Waals surface area contributed by atoms with E-state index in [0.29, 0.717) is 21.8 Å². The van der Waals surface area contributed by atoms with E-state index in [1.165, 1.54) is 6.07 Å². The summed E-state index contributed by atoms with van der Waals surface area (Å²) in [6, 6.07) is 6.67. The van der Waals surface area contributed by atoms with Crippen LogP contribution in [0.1, 0.15) is 5.69 Å². The number of anilines is 1. The summed E-state index contributed by atoms with van der Waals surface area (Å²) in [6.45, 7) is 0.710. The van der Waals surface area contributed by atoms with Gasteiger partial charge in [-0.05, 0) is 12.1 Å². The molecule has 0 atom stereocenters. The van der Waals surface area contributed by atoms with Crippen LogP contribution in [0.15, 0.2) is 29.3 Å². The molecule has 0 radical (unpaired) electrons. The van der Waals surface area contributed by atoms with Gasteiger partial charge in [-0.2, -0.15) is 13.2 Å². The molecule has 24 heavy (non-hydrogen) atoms. The van der Waals surface area contributed by atoms with Crippen molar-refractivity contribution in [3.8, 4) is 0 Å². The highest BCUT2D eigenvalue weighted by atomic mass is 32.2. The molecule has 1 aliphatic rings. The average molecular weight is 377 g/mol. The molecule has 0 bridgehead atoms. The van der Waals surface area contributed by atoms with Gasteiger partial charge >= 0.3 is 6.18 Å². The van der Waals surface area contributed by atoms with Gasteiger partial charge in [0.25, 0.3) is 0 Å². The molecule has 1 aromatic heterocycles. The Hall–Kier alpha value is -1.68. The average Bonchev–Trinajstić information content (AvgIpc) is 3.11. The molecule has 2 heterocycles. The summed E-state index contributed by atoms with van der Waals surface area (Å²) in [5.74, 6) is -1.03. The minimum absolute atomic E-state index is 0.173. The third-order valence-corrected chi connectivity index (χ3v) is 6.29. The molecule has 1 aliphatic heterocycles. The zero-order valence-corrected chi connectivity index (χ0v) is 14.2. The van der Waals surface area contributed by atoms with Gasteiger partial charge in [0.15, 0.2) is 5.75 Å². The molecule has 0 unspecified atom stereocenters. The number of para-hydroxylation sites is 1. The zero-order chi connectivity index (χ0) is 17.5. The minimum atomic E-state index is -4.79. The number of nitrogens with one attached hydrogen (secondary N) is 1. The lowest BCUT2D eigenvalue weighted by Crippen LogP contribution is -2.35. The number of aromatic amines is 1. The fourth-order valence-corrected chi connectivity index (χ4v) is 4.35. The number of fused-ring (bicyclic) bond motifs is 1. The molecule has 1 aromatic carbocycles. The molecule has 10 heteroatoms. The van der Waals surface area contributed by atoms with Crippen LogP contribution in [0, 0.1) is 0 Å². The fourth-order valence-electron chi connectivity index (χ4n) is 2.47. The second kappa shape index (κ2) is 5.99. The molecule has 0 amide bonds. The lowest BCUT2D eigenvalue weighted by Gasteiger charge is -2.21. The Kier molecular flexibility index (Phi) is 4.28. The first-order valence-corrected chi connectivity index (χ1v) is 9.59. The third-order valence-electron chi connectivity index (χ3n) is 3.55. The maximum absolute atomic E-state index is 12.5. The van der Waals surface area contributed by atoms with Crippen LogP contribution in [0.25, 0.3) is 10.9 Å². The normalized spacial score (nSPS) is 15.8. The van der Waals surface area contributed by atoms with Crippen molar-refractivity contribution < 1.29 is 21.6 Å². The molecule has 3 rings (SSSR count). The van der Waals surface area contributed by atoms with E-state index in [1.807, 2.05) is 6.07 Å². The largest absolute Gasteiger partial charge is 0.404 e. The quantitative estimate of drug-likeness (QED) is 0.891. The van der Waals surface area contributed by atoms with Gasteiger partial charge in [-0.1, -0.05) is 12.1 Å². The Bertz CT molecular complexity index is 904. The highest BCUT2D eigenvalue weighted by molar-refractivity contribution is 8.14. The Labute approximate surface area is 141 Å². The lowest BCUT2D eigenvalue weighted by molar-refractivity contribution is -0.106. The summed E-state index contributed by atoms with van der Waals surface area (Å²) in [5.41, 5.74) is 1.38. The smallest absolute Gasteiger partial charge is 0.351 e. The second-order valence-electron chi connectivity index (χ2n) is 5.30. The Morgan fingerprint density at radius 1 is 1.38 bits per heavy atom. The van der Waals surface area contributed by atoms with Gasteiger partial charge in [0, 0.05) is 24.7 Å². The number of H-pyrrole nitrogens is 1. The highest BCUT2D eigenvalue weighted by Crippen LogP contribution is 2.31.